The van der Waals surface area contributed by atoms with Gasteiger partial charge in [-0.1, -0.05) is 0 Å². The van der Waals surface area contributed by atoms with Gasteiger partial charge in [-0.05, 0) is 0 Å². The predicted octanol–water partition coefficient (Wildman–Crippen LogP) is -6.21. The molecule has 7 heteroatoms. The molecular formula is C2H8IN2O4-. The molecule has 0 bridgehead atoms. The van der Waals surface area contributed by atoms with Crippen molar-refractivity contribution in [2.75, 3.05) is 14.2 Å². The quantitative estimate of drug-likeness (QED) is 0.226. The summed E-state index contributed by atoms with van der Waals surface area (Å²) in [4.78, 5) is 8.07. The summed E-state index contributed by atoms with van der Waals surface area (Å²) in [5.41, 5.74) is 0. The maximum atomic E-state index is 10.3. The van der Waals surface area contributed by atoms with E-state index in [2.05, 4.69) is 9.88 Å². The first-order valence-corrected chi connectivity index (χ1v) is 4.22. The van der Waals surface area contributed by atoms with Crippen LogP contribution in [0.2, 0.25) is 0 Å². The molecule has 0 amide bonds. The van der Waals surface area contributed by atoms with Crippen LogP contribution in [-0.4, -0.2) is 14.2 Å². The molecule has 0 radical (unpaired) electrons. The van der Waals surface area contributed by atoms with E-state index in [0.29, 0.717) is 0 Å². The summed E-state index contributed by atoms with van der Waals surface area (Å²) in [6, 6.07) is 0. The van der Waals surface area contributed by atoms with E-state index >= 15 is 0 Å². The van der Waals surface area contributed by atoms with Crippen LogP contribution in [0.4, 0.5) is 0 Å². The van der Waals surface area contributed by atoms with Gasteiger partial charge >= 0.3 is 62.9 Å². The van der Waals surface area contributed by atoms with Crippen LogP contribution in [0.25, 0.3) is 0 Å². The fourth-order valence-corrected chi connectivity index (χ4v) is 1.08. The molecular weight excluding hydrogens is 243 g/mol. The summed E-state index contributed by atoms with van der Waals surface area (Å²) in [6.45, 7) is 0. The minimum absolute atomic E-state index is 0.129. The van der Waals surface area contributed by atoms with Crippen molar-refractivity contribution in [1.29, 1.82) is 0 Å². The normalized spacial score (nSPS) is 17.8. The van der Waals surface area contributed by atoms with Crippen LogP contribution in [0.1, 0.15) is 0 Å². The second-order valence-electron chi connectivity index (χ2n) is 1.05. The number of hydrogen-bond donors (Lipinski definition) is 2. The van der Waals surface area contributed by atoms with Gasteiger partial charge in [0.1, 0.15) is 0 Å². The van der Waals surface area contributed by atoms with Crippen molar-refractivity contribution < 1.29 is 38.3 Å². The zero-order valence-electron chi connectivity index (χ0n) is 5.01. The van der Waals surface area contributed by atoms with Crippen LogP contribution >= 0.6 is 0 Å². The molecule has 2 atom stereocenters. The van der Waals surface area contributed by atoms with Gasteiger partial charge in [-0.25, -0.2) is 0 Å². The monoisotopic (exact) mass is 251 g/mol. The van der Waals surface area contributed by atoms with E-state index in [1.807, 2.05) is 0 Å². The summed E-state index contributed by atoms with van der Waals surface area (Å²) < 4.78 is -0.681. The van der Waals surface area contributed by atoms with Gasteiger partial charge in [0.05, 0.1) is 0 Å². The molecule has 0 saturated heterocycles. The number of quaternary nitrogens is 2. The third-order valence-electron chi connectivity index (χ3n) is 0.359. The molecule has 58 valence electrons. The van der Waals surface area contributed by atoms with E-state index in [1.54, 1.807) is 0 Å². The van der Waals surface area contributed by atoms with Gasteiger partial charge in [0, 0.05) is 0 Å². The topological polar surface area (TPSA) is 73.5 Å². The number of hydrogen-bond acceptors (Lipinski definition) is 4. The number of hydroxylamine groups is 1. The van der Waals surface area contributed by atoms with Crippen LogP contribution in [-0.2, 0) is 9.88 Å². The van der Waals surface area contributed by atoms with Crippen LogP contribution in [0.3, 0.4) is 0 Å². The Labute approximate surface area is 63.3 Å². The molecule has 0 aromatic rings. The van der Waals surface area contributed by atoms with Crippen LogP contribution in [0.5, 0.6) is 0 Å². The van der Waals surface area contributed by atoms with Crippen molar-refractivity contribution in [2.24, 2.45) is 0 Å². The Morgan fingerprint density at radius 2 is 2.00 bits per heavy atom. The molecule has 2 unspecified atom stereocenters. The summed E-state index contributed by atoms with van der Waals surface area (Å²) in [6.07, 6.45) is 0. The maximum absolute atomic E-state index is 10.3. The van der Waals surface area contributed by atoms with Crippen molar-refractivity contribution in [3.05, 3.63) is 10.4 Å². The molecule has 0 aromatic carbocycles. The Balaban J connectivity index is 3.15. The molecule has 0 aliphatic rings. The Bertz CT molecular complexity index is 71.6. The molecule has 0 aliphatic carbocycles. The third kappa shape index (κ3) is 6.37. The SMILES string of the molecule is COO[NH+]([O-])[I-][NH+](C)[O-]. The van der Waals surface area contributed by atoms with Crippen LogP contribution in [0, 0.1) is 10.4 Å². The first kappa shape index (κ1) is 9.49. The third-order valence-corrected chi connectivity index (χ3v) is 1.74. The average molecular weight is 251 g/mol. The fourth-order valence-electron chi connectivity index (χ4n) is 0.190. The van der Waals surface area contributed by atoms with Gasteiger partial charge in [-0.3, -0.25) is 0 Å². The molecule has 0 rings (SSSR count). The Morgan fingerprint density at radius 1 is 1.44 bits per heavy atom. The van der Waals surface area contributed by atoms with E-state index in [9.17, 15) is 10.4 Å². The molecule has 6 nitrogen and oxygen atoms in total. The number of rotatable bonds is 4. The Kier molecular flexibility index (Phi) is 5.58. The van der Waals surface area contributed by atoms with Gasteiger partial charge in [-0.2, -0.15) is 0 Å². The first-order chi connectivity index (χ1) is 4.16. The standard InChI is InChI=1S/C2H8IN2O4/c1-4(6)3-5(7)9-8-2/h4-5H,1-2H3/q-1. The molecule has 0 spiro atoms. The van der Waals surface area contributed by atoms with E-state index in [1.165, 1.54) is 14.2 Å². The summed E-state index contributed by atoms with van der Waals surface area (Å²) in [5.74, 6) is 0. The van der Waals surface area contributed by atoms with Gasteiger partial charge in [0.2, 0.25) is 0 Å². The van der Waals surface area contributed by atoms with E-state index in [4.69, 9.17) is 0 Å². The molecule has 0 aliphatic heterocycles. The molecule has 0 saturated carbocycles. The van der Waals surface area contributed by atoms with Gasteiger partial charge in [0.25, 0.3) is 0 Å². The fraction of sp³-hybridized carbons (Fsp3) is 1.00. The Hall–Kier alpha value is 0.490. The summed E-state index contributed by atoms with van der Waals surface area (Å²) in [7, 11) is 2.58. The zero-order chi connectivity index (χ0) is 7.28. The van der Waals surface area contributed by atoms with Crippen molar-refractivity contribution >= 4 is 0 Å². The molecule has 0 heterocycles. The second-order valence-corrected chi connectivity index (χ2v) is 3.99. The second kappa shape index (κ2) is 5.29. The summed E-state index contributed by atoms with van der Waals surface area (Å²) in [5, 5.41) is 20.6. The average Bonchev–Trinajstić information content (AvgIpc) is 1.63. The van der Waals surface area contributed by atoms with E-state index < -0.39 is 25.2 Å². The van der Waals surface area contributed by atoms with Crippen molar-refractivity contribution in [2.45, 2.75) is 0 Å². The van der Waals surface area contributed by atoms with Crippen molar-refractivity contribution in [3.8, 4) is 0 Å². The van der Waals surface area contributed by atoms with E-state index in [0.717, 1.165) is 0 Å². The van der Waals surface area contributed by atoms with Crippen molar-refractivity contribution in [3.63, 3.8) is 0 Å². The minimum atomic E-state index is -1.13. The summed E-state index contributed by atoms with van der Waals surface area (Å²) >= 11 is -1.13. The van der Waals surface area contributed by atoms with E-state index in [-0.39, 0.29) is 3.28 Å². The van der Waals surface area contributed by atoms with Gasteiger partial charge in [0.15, 0.2) is 0 Å². The Morgan fingerprint density at radius 3 is 2.33 bits per heavy atom. The predicted molar refractivity (Wildman–Crippen MR) is 22.7 cm³/mol. The number of halogens is 1. The molecule has 0 aromatic heterocycles. The molecule has 2 N–H and O–H groups in total. The zero-order valence-corrected chi connectivity index (χ0v) is 7.17. The molecule has 0 fully saturated rings. The van der Waals surface area contributed by atoms with Crippen LogP contribution in [0.15, 0.2) is 0 Å². The van der Waals surface area contributed by atoms with Gasteiger partial charge < -0.3 is 0 Å². The molecule has 9 heavy (non-hydrogen) atoms. The number of nitrogens with one attached hydrogen (secondary N) is 2. The first-order valence-electron chi connectivity index (χ1n) is 2.07. The van der Waals surface area contributed by atoms with Crippen molar-refractivity contribution in [1.82, 2.24) is 0 Å². The van der Waals surface area contributed by atoms with Gasteiger partial charge in [-0.15, -0.1) is 0 Å². The van der Waals surface area contributed by atoms with Crippen LogP contribution < -0.4 is 28.5 Å².